The van der Waals surface area contributed by atoms with Crippen LogP contribution in [0.2, 0.25) is 0 Å². The summed E-state index contributed by atoms with van der Waals surface area (Å²) in [5.41, 5.74) is 3.46. The molecule has 1 aliphatic carbocycles. The topological polar surface area (TPSA) is 81.8 Å². The number of anilines is 1. The molecule has 0 spiro atoms. The van der Waals surface area contributed by atoms with Gasteiger partial charge in [-0.3, -0.25) is 9.59 Å². The van der Waals surface area contributed by atoms with Crippen LogP contribution in [0.15, 0.2) is 59.4 Å². The summed E-state index contributed by atoms with van der Waals surface area (Å²) in [5.74, 6) is 0.547. The van der Waals surface area contributed by atoms with Crippen molar-refractivity contribution >= 4 is 22.5 Å². The number of nitrogens with one attached hydrogen (secondary N) is 1. The van der Waals surface area contributed by atoms with E-state index >= 15 is 0 Å². The second-order valence-electron chi connectivity index (χ2n) is 7.52. The molecule has 2 heterocycles. The molecule has 2 aromatic carbocycles. The molecule has 0 fully saturated rings. The predicted molar refractivity (Wildman–Crippen MR) is 115 cm³/mol. The monoisotopic (exact) mass is 399 g/mol. The Bertz CT molecular complexity index is 1320. The Hall–Kier alpha value is -3.74. The van der Waals surface area contributed by atoms with Crippen LogP contribution >= 0.6 is 0 Å². The van der Waals surface area contributed by atoms with Crippen molar-refractivity contribution in [2.24, 2.45) is 7.05 Å². The summed E-state index contributed by atoms with van der Waals surface area (Å²) in [6.45, 7) is 0. The van der Waals surface area contributed by atoms with Crippen LogP contribution in [0.4, 0.5) is 5.82 Å². The van der Waals surface area contributed by atoms with E-state index < -0.39 is 0 Å². The van der Waals surface area contributed by atoms with Crippen LogP contribution in [0, 0.1) is 0 Å². The number of rotatable bonds is 4. The second-order valence-corrected chi connectivity index (χ2v) is 7.52. The van der Waals surface area contributed by atoms with Crippen LogP contribution in [0.3, 0.4) is 0 Å². The Morgan fingerprint density at radius 1 is 1.00 bits per heavy atom. The standard InChI is InChI=1S/C23H21N5O2/c1-27-23(30)17-11-6-5-10-16(17)20(25-27)14-21(29)24-22-18-12-7-13-19(18)26-28(22)15-8-3-2-4-9-15/h2-6,8-11H,7,12-14H2,1H3,(H,24,29). The maximum atomic E-state index is 13.0. The minimum atomic E-state index is -0.182. The molecular weight excluding hydrogens is 378 g/mol. The first kappa shape index (κ1) is 18.3. The average Bonchev–Trinajstić information content (AvgIpc) is 3.35. The maximum Gasteiger partial charge on any atom is 0.274 e. The zero-order valence-corrected chi connectivity index (χ0v) is 16.6. The van der Waals surface area contributed by atoms with Crippen LogP contribution < -0.4 is 10.9 Å². The number of para-hydroxylation sites is 1. The third-order valence-electron chi connectivity index (χ3n) is 5.53. The molecule has 4 aromatic rings. The van der Waals surface area contributed by atoms with Gasteiger partial charge >= 0.3 is 0 Å². The van der Waals surface area contributed by atoms with Gasteiger partial charge in [-0.25, -0.2) is 9.36 Å². The Balaban J connectivity index is 1.50. The average molecular weight is 399 g/mol. The van der Waals surface area contributed by atoms with Crippen molar-refractivity contribution in [3.05, 3.63) is 81.9 Å². The maximum absolute atomic E-state index is 13.0. The summed E-state index contributed by atoms with van der Waals surface area (Å²) in [6.07, 6.45) is 2.94. The number of amides is 1. The van der Waals surface area contributed by atoms with E-state index in [0.717, 1.165) is 42.0 Å². The molecule has 1 N–H and O–H groups in total. The first-order chi connectivity index (χ1) is 14.6. The van der Waals surface area contributed by atoms with Crippen molar-refractivity contribution < 1.29 is 4.79 Å². The van der Waals surface area contributed by atoms with E-state index in [1.807, 2.05) is 53.2 Å². The van der Waals surface area contributed by atoms with E-state index in [-0.39, 0.29) is 17.9 Å². The normalized spacial score (nSPS) is 12.8. The van der Waals surface area contributed by atoms with Gasteiger partial charge in [-0.1, -0.05) is 36.4 Å². The Kier molecular flexibility index (Phi) is 4.43. The number of carbonyl (C=O) groups excluding carboxylic acids is 1. The van der Waals surface area contributed by atoms with Gasteiger partial charge in [-0.15, -0.1) is 0 Å². The summed E-state index contributed by atoms with van der Waals surface area (Å²) < 4.78 is 3.10. The van der Waals surface area contributed by atoms with Gasteiger partial charge in [0.15, 0.2) is 0 Å². The quantitative estimate of drug-likeness (QED) is 0.572. The zero-order chi connectivity index (χ0) is 20.7. The van der Waals surface area contributed by atoms with Crippen LogP contribution in [0.5, 0.6) is 0 Å². The highest BCUT2D eigenvalue weighted by molar-refractivity contribution is 5.95. The van der Waals surface area contributed by atoms with Crippen LogP contribution in [0.1, 0.15) is 23.4 Å². The van der Waals surface area contributed by atoms with Crippen molar-refractivity contribution in [2.45, 2.75) is 25.7 Å². The fraction of sp³-hybridized carbons (Fsp3) is 0.217. The molecule has 0 saturated heterocycles. The summed E-state index contributed by atoms with van der Waals surface area (Å²) in [6, 6.07) is 17.1. The zero-order valence-electron chi connectivity index (χ0n) is 16.6. The van der Waals surface area contributed by atoms with E-state index in [0.29, 0.717) is 16.5 Å². The molecule has 150 valence electrons. The highest BCUT2D eigenvalue weighted by Crippen LogP contribution is 2.31. The molecule has 2 aromatic heterocycles. The van der Waals surface area contributed by atoms with Gasteiger partial charge in [0.25, 0.3) is 5.56 Å². The van der Waals surface area contributed by atoms with Gasteiger partial charge in [-0.2, -0.15) is 10.2 Å². The third kappa shape index (κ3) is 3.08. The third-order valence-corrected chi connectivity index (χ3v) is 5.53. The van der Waals surface area contributed by atoms with E-state index in [2.05, 4.69) is 10.4 Å². The molecule has 0 aliphatic heterocycles. The van der Waals surface area contributed by atoms with Gasteiger partial charge in [-0.05, 0) is 37.5 Å². The lowest BCUT2D eigenvalue weighted by Gasteiger charge is -2.12. The number of hydrogen-bond donors (Lipinski definition) is 1. The van der Waals surface area contributed by atoms with E-state index in [9.17, 15) is 9.59 Å². The molecule has 0 radical (unpaired) electrons. The van der Waals surface area contributed by atoms with Gasteiger partial charge in [0.2, 0.25) is 5.91 Å². The smallest absolute Gasteiger partial charge is 0.274 e. The SMILES string of the molecule is Cn1nc(CC(=O)Nc2c3c(nn2-c2ccccc2)CCC3)c2ccccc2c1=O. The number of fused-ring (bicyclic) bond motifs is 2. The minimum absolute atomic E-state index is 0.0728. The minimum Gasteiger partial charge on any atom is -0.310 e. The molecule has 0 bridgehead atoms. The highest BCUT2D eigenvalue weighted by Gasteiger charge is 2.24. The van der Waals surface area contributed by atoms with E-state index in [1.165, 1.54) is 4.68 Å². The molecule has 1 amide bonds. The Morgan fingerprint density at radius 2 is 1.73 bits per heavy atom. The summed E-state index contributed by atoms with van der Waals surface area (Å²) >= 11 is 0. The van der Waals surface area contributed by atoms with Crippen molar-refractivity contribution in [3.8, 4) is 5.69 Å². The first-order valence-corrected chi connectivity index (χ1v) is 10.0. The van der Waals surface area contributed by atoms with Crippen molar-refractivity contribution in [1.29, 1.82) is 0 Å². The number of aromatic nitrogens is 4. The molecular formula is C23H21N5O2. The van der Waals surface area contributed by atoms with E-state index in [4.69, 9.17) is 5.10 Å². The Labute approximate surface area is 173 Å². The van der Waals surface area contributed by atoms with Crippen molar-refractivity contribution in [1.82, 2.24) is 19.6 Å². The largest absolute Gasteiger partial charge is 0.310 e. The van der Waals surface area contributed by atoms with Crippen molar-refractivity contribution in [2.75, 3.05) is 5.32 Å². The van der Waals surface area contributed by atoms with Gasteiger partial charge < -0.3 is 5.32 Å². The number of carbonyl (C=O) groups is 1. The van der Waals surface area contributed by atoms with Crippen LogP contribution in [-0.2, 0) is 31.1 Å². The molecule has 7 nitrogen and oxygen atoms in total. The number of benzene rings is 2. The van der Waals surface area contributed by atoms with Crippen LogP contribution in [-0.4, -0.2) is 25.5 Å². The molecule has 5 rings (SSSR count). The van der Waals surface area contributed by atoms with Crippen molar-refractivity contribution in [3.63, 3.8) is 0 Å². The summed E-state index contributed by atoms with van der Waals surface area (Å²) in [7, 11) is 1.60. The second kappa shape index (κ2) is 7.26. The van der Waals surface area contributed by atoms with Gasteiger partial charge in [0.1, 0.15) is 5.82 Å². The Morgan fingerprint density at radius 3 is 2.53 bits per heavy atom. The molecule has 30 heavy (non-hydrogen) atoms. The van der Waals surface area contributed by atoms with E-state index in [1.54, 1.807) is 13.1 Å². The number of hydrogen-bond acceptors (Lipinski definition) is 4. The lowest BCUT2D eigenvalue weighted by atomic mass is 10.1. The molecule has 1 aliphatic rings. The summed E-state index contributed by atoms with van der Waals surface area (Å²) in [4.78, 5) is 25.4. The highest BCUT2D eigenvalue weighted by atomic mass is 16.2. The number of aryl methyl sites for hydroxylation is 2. The number of nitrogens with zero attached hydrogens (tertiary/aromatic N) is 4. The predicted octanol–water partition coefficient (Wildman–Crippen LogP) is 2.79. The van der Waals surface area contributed by atoms with Gasteiger partial charge in [0, 0.05) is 18.0 Å². The molecule has 0 atom stereocenters. The van der Waals surface area contributed by atoms with Crippen LogP contribution in [0.25, 0.3) is 16.5 Å². The molecule has 0 unspecified atom stereocenters. The van der Waals surface area contributed by atoms with Gasteiger partial charge in [0.05, 0.1) is 28.9 Å². The molecule has 7 heteroatoms. The lowest BCUT2D eigenvalue weighted by molar-refractivity contribution is -0.115. The fourth-order valence-electron chi connectivity index (χ4n) is 4.11. The lowest BCUT2D eigenvalue weighted by Crippen LogP contribution is -2.24. The fourth-order valence-corrected chi connectivity index (χ4v) is 4.11. The first-order valence-electron chi connectivity index (χ1n) is 10.0. The summed E-state index contributed by atoms with van der Waals surface area (Å²) in [5, 5.41) is 13.4. The molecule has 0 saturated carbocycles.